The van der Waals surface area contributed by atoms with Gasteiger partial charge in [-0.3, -0.25) is 14.5 Å². The first-order valence-corrected chi connectivity index (χ1v) is 12.7. The quantitative estimate of drug-likeness (QED) is 0.143. The van der Waals surface area contributed by atoms with Crippen LogP contribution in [-0.4, -0.2) is 28.6 Å². The number of alkyl halides is 1. The van der Waals surface area contributed by atoms with Crippen molar-refractivity contribution in [3.8, 4) is 0 Å². The van der Waals surface area contributed by atoms with Gasteiger partial charge in [-0.25, -0.2) is 0 Å². The lowest BCUT2D eigenvalue weighted by molar-refractivity contribution is 0.0652. The minimum absolute atomic E-state index is 0.0296. The second-order valence-corrected chi connectivity index (χ2v) is 9.34. The van der Waals surface area contributed by atoms with E-state index in [0.29, 0.717) is 24.1 Å². The van der Waals surface area contributed by atoms with Crippen LogP contribution in [0.1, 0.15) is 124 Å². The highest BCUT2D eigenvalue weighted by molar-refractivity contribution is 6.22. The van der Waals surface area contributed by atoms with E-state index in [-0.39, 0.29) is 17.2 Å². The number of unbranched alkanes of at least 4 members (excludes halogenated alkanes) is 12. The Hall–Kier alpha value is -1.35. The smallest absolute Gasteiger partial charge is 0.261 e. The van der Waals surface area contributed by atoms with Gasteiger partial charge in [-0.05, 0) is 25.0 Å². The topological polar surface area (TPSA) is 37.4 Å². The Balaban J connectivity index is 1.44. The number of carbonyl (C=O) groups is 2. The predicted molar refractivity (Wildman–Crippen MR) is 126 cm³/mol. The number of fused-ring (bicyclic) bond motifs is 1. The Morgan fingerprint density at radius 3 is 1.60 bits per heavy atom. The summed E-state index contributed by atoms with van der Waals surface area (Å²) in [7, 11) is 0. The zero-order valence-electron chi connectivity index (χ0n) is 18.8. The summed E-state index contributed by atoms with van der Waals surface area (Å²) >= 11 is 6.46. The Morgan fingerprint density at radius 2 is 1.13 bits per heavy atom. The number of carbonyl (C=O) groups excluding carboxylic acids is 2. The largest absolute Gasteiger partial charge is 0.274 e. The zero-order valence-corrected chi connectivity index (χ0v) is 19.6. The van der Waals surface area contributed by atoms with Gasteiger partial charge in [0.25, 0.3) is 11.8 Å². The summed E-state index contributed by atoms with van der Waals surface area (Å²) in [5.74, 6) is -0.360. The van der Waals surface area contributed by atoms with Gasteiger partial charge in [-0.1, -0.05) is 103 Å². The molecule has 2 rings (SSSR count). The van der Waals surface area contributed by atoms with Crippen LogP contribution in [0, 0.1) is 0 Å². The number of hydrogen-bond acceptors (Lipinski definition) is 2. The van der Waals surface area contributed by atoms with E-state index in [9.17, 15) is 9.59 Å². The number of nitrogens with zero attached hydrogens (tertiary/aromatic N) is 1. The van der Waals surface area contributed by atoms with Gasteiger partial charge >= 0.3 is 0 Å². The van der Waals surface area contributed by atoms with Crippen molar-refractivity contribution in [1.82, 2.24) is 4.90 Å². The number of benzene rings is 1. The van der Waals surface area contributed by atoms with Gasteiger partial charge in [0.1, 0.15) is 0 Å². The average Bonchev–Trinajstić information content (AvgIpc) is 3.00. The van der Waals surface area contributed by atoms with Crippen molar-refractivity contribution in [2.45, 2.75) is 109 Å². The van der Waals surface area contributed by atoms with Crippen molar-refractivity contribution in [3.05, 3.63) is 35.4 Å². The molecule has 1 aliphatic heterocycles. The van der Waals surface area contributed by atoms with Gasteiger partial charge in [-0.2, -0.15) is 0 Å². The van der Waals surface area contributed by atoms with E-state index in [2.05, 4.69) is 6.92 Å². The molecule has 1 aromatic carbocycles. The van der Waals surface area contributed by atoms with Crippen LogP contribution in [-0.2, 0) is 0 Å². The normalized spacial score (nSPS) is 14.4. The lowest BCUT2D eigenvalue weighted by atomic mass is 10.0. The zero-order chi connectivity index (χ0) is 21.6. The van der Waals surface area contributed by atoms with Crippen LogP contribution in [0.15, 0.2) is 24.3 Å². The third kappa shape index (κ3) is 8.41. The number of imide groups is 1. The van der Waals surface area contributed by atoms with Crippen LogP contribution < -0.4 is 0 Å². The molecule has 1 atom stereocenters. The van der Waals surface area contributed by atoms with Crippen LogP contribution >= 0.6 is 11.6 Å². The van der Waals surface area contributed by atoms with E-state index < -0.39 is 0 Å². The summed E-state index contributed by atoms with van der Waals surface area (Å²) in [6.45, 7) is 2.68. The molecule has 30 heavy (non-hydrogen) atoms. The molecular weight excluding hydrogens is 394 g/mol. The molecule has 0 radical (unpaired) electrons. The SMILES string of the molecule is CCCCCCCCCCCCCCCC(Cl)CCN1C(=O)c2ccccc2C1=O. The molecule has 4 heteroatoms. The third-order valence-corrected chi connectivity index (χ3v) is 6.60. The molecule has 0 aliphatic carbocycles. The molecule has 1 aliphatic rings. The van der Waals surface area contributed by atoms with Gasteiger partial charge in [0.05, 0.1) is 11.1 Å². The summed E-state index contributed by atoms with van der Waals surface area (Å²) < 4.78 is 0. The van der Waals surface area contributed by atoms with Gasteiger partial charge in [-0.15, -0.1) is 11.6 Å². The van der Waals surface area contributed by atoms with Gasteiger partial charge < -0.3 is 0 Å². The lowest BCUT2D eigenvalue weighted by Crippen LogP contribution is -2.32. The molecule has 1 aromatic rings. The Labute approximate surface area is 188 Å². The summed E-state index contributed by atoms with van der Waals surface area (Å²) in [5, 5.41) is 0.0296. The molecular formula is C26H40ClNO2. The molecule has 1 unspecified atom stereocenters. The second-order valence-electron chi connectivity index (χ2n) is 8.72. The van der Waals surface area contributed by atoms with Gasteiger partial charge in [0.2, 0.25) is 0 Å². The van der Waals surface area contributed by atoms with Crippen molar-refractivity contribution in [3.63, 3.8) is 0 Å². The Morgan fingerprint density at radius 1 is 0.700 bits per heavy atom. The second kappa shape index (κ2) is 14.6. The molecule has 0 fully saturated rings. The van der Waals surface area contributed by atoms with Crippen molar-refractivity contribution in [2.75, 3.05) is 6.54 Å². The average molecular weight is 434 g/mol. The maximum atomic E-state index is 12.4. The van der Waals surface area contributed by atoms with Crippen LogP contribution in [0.25, 0.3) is 0 Å². The first kappa shape index (κ1) is 24.9. The summed E-state index contributed by atoms with van der Waals surface area (Å²) in [4.78, 5) is 26.1. The highest BCUT2D eigenvalue weighted by atomic mass is 35.5. The minimum Gasteiger partial charge on any atom is -0.274 e. The summed E-state index contributed by atoms with van der Waals surface area (Å²) in [5.41, 5.74) is 1.04. The van der Waals surface area contributed by atoms with Crippen LogP contribution in [0.2, 0.25) is 0 Å². The molecule has 0 bridgehead atoms. The molecule has 0 saturated carbocycles. The fourth-order valence-electron chi connectivity index (χ4n) is 4.24. The maximum absolute atomic E-state index is 12.4. The molecule has 0 saturated heterocycles. The van der Waals surface area contributed by atoms with E-state index in [4.69, 9.17) is 11.6 Å². The Kier molecular flexibility index (Phi) is 12.1. The fourth-order valence-corrected chi connectivity index (χ4v) is 4.49. The summed E-state index contributed by atoms with van der Waals surface area (Å²) in [6.07, 6.45) is 19.1. The molecule has 2 amide bonds. The monoisotopic (exact) mass is 433 g/mol. The van der Waals surface area contributed by atoms with Crippen LogP contribution in [0.3, 0.4) is 0 Å². The number of amides is 2. The Bertz CT molecular complexity index is 611. The van der Waals surface area contributed by atoms with E-state index in [1.165, 1.54) is 81.9 Å². The molecule has 0 aromatic heterocycles. The van der Waals surface area contributed by atoms with E-state index in [0.717, 1.165) is 12.8 Å². The number of halogens is 1. The van der Waals surface area contributed by atoms with Crippen LogP contribution in [0.4, 0.5) is 0 Å². The third-order valence-electron chi connectivity index (χ3n) is 6.17. The van der Waals surface area contributed by atoms with Crippen molar-refractivity contribution >= 4 is 23.4 Å². The van der Waals surface area contributed by atoms with Gasteiger partial charge in [0.15, 0.2) is 0 Å². The highest BCUT2D eigenvalue weighted by Crippen LogP contribution is 2.24. The first-order chi connectivity index (χ1) is 14.6. The van der Waals surface area contributed by atoms with Crippen molar-refractivity contribution < 1.29 is 9.59 Å². The number of hydrogen-bond donors (Lipinski definition) is 0. The highest BCUT2D eigenvalue weighted by Gasteiger charge is 2.34. The van der Waals surface area contributed by atoms with E-state index >= 15 is 0 Å². The minimum atomic E-state index is -0.180. The van der Waals surface area contributed by atoms with Gasteiger partial charge in [0, 0.05) is 11.9 Å². The summed E-state index contributed by atoms with van der Waals surface area (Å²) in [6, 6.07) is 7.04. The van der Waals surface area contributed by atoms with E-state index in [1.807, 2.05) is 0 Å². The van der Waals surface area contributed by atoms with Crippen molar-refractivity contribution in [2.24, 2.45) is 0 Å². The molecule has 3 nitrogen and oxygen atoms in total. The molecule has 0 N–H and O–H groups in total. The fraction of sp³-hybridized carbons (Fsp3) is 0.692. The van der Waals surface area contributed by atoms with E-state index in [1.54, 1.807) is 24.3 Å². The molecule has 0 spiro atoms. The predicted octanol–water partition coefficient (Wildman–Crippen LogP) is 7.76. The van der Waals surface area contributed by atoms with Crippen molar-refractivity contribution in [1.29, 1.82) is 0 Å². The first-order valence-electron chi connectivity index (χ1n) is 12.2. The van der Waals surface area contributed by atoms with Crippen LogP contribution in [0.5, 0.6) is 0 Å². The lowest BCUT2D eigenvalue weighted by Gasteiger charge is -2.16. The maximum Gasteiger partial charge on any atom is 0.261 e. The molecule has 168 valence electrons. The molecule has 1 heterocycles. The number of rotatable bonds is 17. The standard InChI is InChI=1S/C26H40ClNO2/c1-2-3-4-5-6-7-8-9-10-11-12-13-14-17-22(27)20-21-28-25(29)23-18-15-16-19-24(23)26(28)30/h15-16,18-19,22H,2-14,17,20-21H2,1H3.